The van der Waals surface area contributed by atoms with E-state index in [1.807, 2.05) is 6.08 Å². The Morgan fingerprint density at radius 1 is 0.844 bits per heavy atom. The van der Waals surface area contributed by atoms with Crippen LogP contribution in [-0.2, 0) is 14.4 Å². The zero-order valence-electron chi connectivity index (χ0n) is 21.3. The molecule has 3 heteroatoms. The summed E-state index contributed by atoms with van der Waals surface area (Å²) in [6.45, 7) is 15.8. The molecule has 0 spiro atoms. The lowest BCUT2D eigenvalue weighted by atomic mass is 9.34. The third kappa shape index (κ3) is 2.63. The van der Waals surface area contributed by atoms with E-state index in [1.165, 1.54) is 5.57 Å². The molecule has 176 valence electrons. The second kappa shape index (κ2) is 6.45. The largest absolute Gasteiger partial charge is 0.299 e. The second-order valence-corrected chi connectivity index (χ2v) is 14.2. The molecule has 4 fully saturated rings. The quantitative estimate of drug-likeness (QED) is 0.443. The van der Waals surface area contributed by atoms with E-state index in [0.29, 0.717) is 24.4 Å². The van der Waals surface area contributed by atoms with Gasteiger partial charge in [-0.25, -0.2) is 0 Å². The molecule has 0 aromatic heterocycles. The summed E-state index contributed by atoms with van der Waals surface area (Å²) in [6, 6.07) is 0. The minimum absolute atomic E-state index is 0.101. The average Bonchev–Trinajstić information content (AvgIpc) is 2.66. The third-order valence-electron chi connectivity index (χ3n) is 11.7. The first-order valence-electron chi connectivity index (χ1n) is 13.0. The van der Waals surface area contributed by atoms with E-state index >= 15 is 0 Å². The Morgan fingerprint density at radius 2 is 1.53 bits per heavy atom. The highest BCUT2D eigenvalue weighted by molar-refractivity contribution is 5.98. The molecule has 4 saturated carbocycles. The van der Waals surface area contributed by atoms with E-state index in [-0.39, 0.29) is 56.5 Å². The van der Waals surface area contributed by atoms with Crippen molar-refractivity contribution in [3.63, 3.8) is 0 Å². The highest BCUT2D eigenvalue weighted by atomic mass is 16.1. The van der Waals surface area contributed by atoms with Gasteiger partial charge in [0.2, 0.25) is 0 Å². The summed E-state index contributed by atoms with van der Waals surface area (Å²) in [7, 11) is 0. The van der Waals surface area contributed by atoms with Gasteiger partial charge < -0.3 is 0 Å². The van der Waals surface area contributed by atoms with Crippen LogP contribution in [0.3, 0.4) is 0 Å². The second-order valence-electron chi connectivity index (χ2n) is 14.2. The monoisotopic (exact) mass is 438 g/mol. The van der Waals surface area contributed by atoms with Gasteiger partial charge in [0.15, 0.2) is 5.78 Å². The van der Waals surface area contributed by atoms with Crippen molar-refractivity contribution in [1.82, 2.24) is 0 Å². The van der Waals surface area contributed by atoms with Crippen LogP contribution in [0.1, 0.15) is 99.8 Å². The summed E-state index contributed by atoms with van der Waals surface area (Å²) in [4.78, 5) is 40.4. The number of rotatable bonds is 0. The molecule has 32 heavy (non-hydrogen) atoms. The van der Waals surface area contributed by atoms with Crippen LogP contribution < -0.4 is 0 Å². The molecular formula is C29H42O3. The SMILES string of the molecule is CC1(C)CC[C@@H]2C(=O)C[C@]3(C)C(=CC(=O)[C@@H]4[C@@]5(C)CCC(=O)C(C)(C)[C@@H]5CC[C@]43C)[C@@H]2C1. The van der Waals surface area contributed by atoms with Gasteiger partial charge >= 0.3 is 0 Å². The maximum absolute atomic E-state index is 14.1. The highest BCUT2D eigenvalue weighted by Crippen LogP contribution is 2.73. The fraction of sp³-hybridized carbons (Fsp3) is 0.828. The van der Waals surface area contributed by atoms with Crippen LogP contribution in [0, 0.1) is 50.7 Å². The maximum Gasteiger partial charge on any atom is 0.159 e. The van der Waals surface area contributed by atoms with Gasteiger partial charge in [-0.3, -0.25) is 14.4 Å². The molecule has 7 atom stereocenters. The van der Waals surface area contributed by atoms with E-state index in [9.17, 15) is 14.4 Å². The Morgan fingerprint density at radius 3 is 2.22 bits per heavy atom. The van der Waals surface area contributed by atoms with Gasteiger partial charge in [-0.2, -0.15) is 0 Å². The molecule has 0 aromatic carbocycles. The number of hydrogen-bond donors (Lipinski definition) is 0. The highest BCUT2D eigenvalue weighted by Gasteiger charge is 2.70. The first-order valence-corrected chi connectivity index (χ1v) is 13.0. The summed E-state index contributed by atoms with van der Waals surface area (Å²) in [5.74, 6) is 1.54. The average molecular weight is 439 g/mol. The van der Waals surface area contributed by atoms with Crippen molar-refractivity contribution in [2.24, 2.45) is 50.7 Å². The first kappa shape index (κ1) is 22.5. The van der Waals surface area contributed by atoms with Gasteiger partial charge in [0, 0.05) is 35.5 Å². The van der Waals surface area contributed by atoms with Crippen LogP contribution >= 0.6 is 0 Å². The first-order chi connectivity index (χ1) is 14.7. The Labute approximate surface area is 194 Å². The lowest BCUT2D eigenvalue weighted by molar-refractivity contribution is -0.186. The summed E-state index contributed by atoms with van der Waals surface area (Å²) in [6.07, 6.45) is 8.98. The van der Waals surface area contributed by atoms with Gasteiger partial charge in [0.25, 0.3) is 0 Å². The molecule has 5 aliphatic carbocycles. The predicted octanol–water partition coefficient (Wildman–Crippen LogP) is 6.35. The Balaban J connectivity index is 1.65. The zero-order valence-corrected chi connectivity index (χ0v) is 21.3. The van der Waals surface area contributed by atoms with Gasteiger partial charge in [0.05, 0.1) is 0 Å². The van der Waals surface area contributed by atoms with Crippen molar-refractivity contribution >= 4 is 17.3 Å². The summed E-state index contributed by atoms with van der Waals surface area (Å²) >= 11 is 0. The minimum atomic E-state index is -0.375. The number of carbonyl (C=O) groups is 3. The molecule has 0 bridgehead atoms. The molecule has 0 saturated heterocycles. The lowest BCUT2D eigenvalue weighted by Crippen LogP contribution is -2.66. The molecule has 0 heterocycles. The molecule has 0 unspecified atom stereocenters. The number of Topliss-reactive ketones (excluding diaryl/α,β-unsaturated/α-hetero) is 2. The van der Waals surface area contributed by atoms with Crippen molar-refractivity contribution < 1.29 is 14.4 Å². The maximum atomic E-state index is 14.1. The number of fused-ring (bicyclic) bond motifs is 7. The van der Waals surface area contributed by atoms with Gasteiger partial charge in [-0.15, -0.1) is 0 Å². The van der Waals surface area contributed by atoms with Crippen LogP contribution in [-0.4, -0.2) is 17.3 Å². The summed E-state index contributed by atoms with van der Waals surface area (Å²) < 4.78 is 0. The fourth-order valence-electron chi connectivity index (χ4n) is 9.81. The van der Waals surface area contributed by atoms with Crippen molar-refractivity contribution in [2.75, 3.05) is 0 Å². The van der Waals surface area contributed by atoms with E-state index in [4.69, 9.17) is 0 Å². The molecular weight excluding hydrogens is 396 g/mol. The Kier molecular flexibility index (Phi) is 4.54. The van der Waals surface area contributed by atoms with Crippen molar-refractivity contribution in [3.8, 4) is 0 Å². The van der Waals surface area contributed by atoms with E-state index in [2.05, 4.69) is 48.5 Å². The normalized spacial score (nSPS) is 49.3. The number of allylic oxidation sites excluding steroid dienone is 2. The number of hydrogen-bond acceptors (Lipinski definition) is 3. The minimum Gasteiger partial charge on any atom is -0.299 e. The third-order valence-corrected chi connectivity index (χ3v) is 11.7. The molecule has 5 aliphatic rings. The van der Waals surface area contributed by atoms with Crippen LogP contribution in [0.5, 0.6) is 0 Å². The van der Waals surface area contributed by atoms with Crippen molar-refractivity contribution in [3.05, 3.63) is 11.6 Å². The molecule has 5 rings (SSSR count). The fourth-order valence-corrected chi connectivity index (χ4v) is 9.81. The van der Waals surface area contributed by atoms with Crippen LogP contribution in [0.4, 0.5) is 0 Å². The molecule has 3 nitrogen and oxygen atoms in total. The smallest absolute Gasteiger partial charge is 0.159 e. The van der Waals surface area contributed by atoms with Gasteiger partial charge in [-0.05, 0) is 72.7 Å². The van der Waals surface area contributed by atoms with Crippen molar-refractivity contribution in [2.45, 2.75) is 99.8 Å². The topological polar surface area (TPSA) is 51.2 Å². The lowest BCUT2D eigenvalue weighted by Gasteiger charge is -2.68. The predicted molar refractivity (Wildman–Crippen MR) is 126 cm³/mol. The molecule has 0 radical (unpaired) electrons. The molecule has 0 N–H and O–H groups in total. The zero-order chi connectivity index (χ0) is 23.5. The van der Waals surface area contributed by atoms with Gasteiger partial charge in [-0.1, -0.05) is 54.0 Å². The number of ketones is 3. The van der Waals surface area contributed by atoms with Crippen molar-refractivity contribution in [1.29, 1.82) is 0 Å². The number of carbonyl (C=O) groups excluding carboxylic acids is 3. The standard InChI is InChI=1S/C29H42O3/c1-25(2)11-8-17-18(15-25)19-14-20(30)24-27(5)12-10-23(32)26(3,4)22(27)9-13-28(24,6)29(19,7)16-21(17)31/h14,17-18,22,24H,8-13,15-16H2,1-7H3/t17-,18+,22-,24+,27-,28+,29+/m0/s1. The van der Waals surface area contributed by atoms with Crippen LogP contribution in [0.2, 0.25) is 0 Å². The summed E-state index contributed by atoms with van der Waals surface area (Å²) in [5, 5.41) is 0. The Bertz CT molecular complexity index is 938. The Hall–Kier alpha value is -1.25. The van der Waals surface area contributed by atoms with Crippen LogP contribution in [0.25, 0.3) is 0 Å². The molecule has 0 aliphatic heterocycles. The van der Waals surface area contributed by atoms with E-state index < -0.39 is 0 Å². The van der Waals surface area contributed by atoms with E-state index in [0.717, 1.165) is 38.5 Å². The van der Waals surface area contributed by atoms with E-state index in [1.54, 1.807) is 0 Å². The van der Waals surface area contributed by atoms with Crippen LogP contribution in [0.15, 0.2) is 11.6 Å². The summed E-state index contributed by atoms with van der Waals surface area (Å²) in [5.41, 5.74) is 0.485. The molecule has 0 amide bonds. The molecule has 0 aromatic rings. The van der Waals surface area contributed by atoms with Gasteiger partial charge in [0.1, 0.15) is 11.6 Å².